The van der Waals surface area contributed by atoms with Gasteiger partial charge in [0, 0.05) is 6.04 Å². The largest absolute Gasteiger partial charge is 0.395 e. The van der Waals surface area contributed by atoms with E-state index in [1.807, 2.05) is 19.9 Å². The average Bonchev–Trinajstić information content (AvgIpc) is 2.40. The van der Waals surface area contributed by atoms with Crippen LogP contribution in [0.25, 0.3) is 0 Å². The van der Waals surface area contributed by atoms with Gasteiger partial charge in [-0.25, -0.2) is 0 Å². The molecule has 2 unspecified atom stereocenters. The number of aliphatic hydroxyl groups excluding tert-OH is 1. The Morgan fingerprint density at radius 3 is 2.55 bits per heavy atom. The summed E-state index contributed by atoms with van der Waals surface area (Å²) >= 11 is 11.8. The molecule has 0 fully saturated rings. The second-order valence-electron chi connectivity index (χ2n) is 4.91. The number of carbonyl (C=O) groups excluding carboxylic acids is 1. The van der Waals surface area contributed by atoms with Crippen LogP contribution in [0.1, 0.15) is 25.5 Å². The van der Waals surface area contributed by atoms with Crippen molar-refractivity contribution in [1.29, 1.82) is 0 Å². The summed E-state index contributed by atoms with van der Waals surface area (Å²) < 4.78 is 0. The quantitative estimate of drug-likeness (QED) is 0.847. The van der Waals surface area contributed by atoms with Crippen molar-refractivity contribution in [3.8, 4) is 0 Å². The summed E-state index contributed by atoms with van der Waals surface area (Å²) in [7, 11) is 1.80. The Morgan fingerprint density at radius 1 is 1.35 bits per heavy atom. The summed E-state index contributed by atoms with van der Waals surface area (Å²) in [6.07, 6.45) is 0. The van der Waals surface area contributed by atoms with Gasteiger partial charge in [0.1, 0.15) is 0 Å². The maximum Gasteiger partial charge on any atom is 0.234 e. The molecule has 0 aliphatic rings. The van der Waals surface area contributed by atoms with Crippen molar-refractivity contribution in [3.05, 3.63) is 33.8 Å². The molecule has 1 amide bonds. The Bertz CT molecular complexity index is 468. The topological polar surface area (TPSA) is 52.6 Å². The van der Waals surface area contributed by atoms with Gasteiger partial charge in [-0.05, 0) is 38.6 Å². The van der Waals surface area contributed by atoms with E-state index in [4.69, 9.17) is 28.3 Å². The van der Waals surface area contributed by atoms with Gasteiger partial charge in [-0.3, -0.25) is 9.69 Å². The zero-order valence-corrected chi connectivity index (χ0v) is 13.4. The molecule has 0 radical (unpaired) electrons. The van der Waals surface area contributed by atoms with Crippen molar-refractivity contribution < 1.29 is 9.90 Å². The lowest BCUT2D eigenvalue weighted by Gasteiger charge is -2.23. The first-order valence-electron chi connectivity index (χ1n) is 6.40. The van der Waals surface area contributed by atoms with Crippen molar-refractivity contribution in [3.63, 3.8) is 0 Å². The minimum atomic E-state index is -0.157. The van der Waals surface area contributed by atoms with Crippen LogP contribution >= 0.6 is 23.2 Å². The normalized spacial score (nSPS) is 14.2. The van der Waals surface area contributed by atoms with Crippen molar-refractivity contribution >= 4 is 29.1 Å². The molecule has 0 aliphatic carbocycles. The Hall–Kier alpha value is -0.810. The Morgan fingerprint density at radius 2 is 2.00 bits per heavy atom. The second-order valence-corrected chi connectivity index (χ2v) is 5.72. The molecule has 2 N–H and O–H groups in total. The number of nitrogens with one attached hydrogen (secondary N) is 1. The van der Waals surface area contributed by atoms with E-state index in [1.54, 1.807) is 24.1 Å². The number of hydrogen-bond acceptors (Lipinski definition) is 3. The highest BCUT2D eigenvalue weighted by Gasteiger charge is 2.15. The van der Waals surface area contributed by atoms with E-state index in [2.05, 4.69) is 5.32 Å². The SMILES string of the molecule is CC(NC(=O)CN(C)C(C)CO)c1ccc(Cl)c(Cl)c1. The van der Waals surface area contributed by atoms with Crippen LogP contribution in [0.3, 0.4) is 0 Å². The van der Waals surface area contributed by atoms with Gasteiger partial charge in [0.2, 0.25) is 5.91 Å². The van der Waals surface area contributed by atoms with Crippen LogP contribution < -0.4 is 5.32 Å². The molecule has 1 rings (SSSR count). The predicted octanol–water partition coefficient (Wildman–Crippen LogP) is 2.48. The van der Waals surface area contributed by atoms with Crippen LogP contribution in [0.5, 0.6) is 0 Å². The molecule has 0 spiro atoms. The van der Waals surface area contributed by atoms with Crippen molar-refractivity contribution in [1.82, 2.24) is 10.2 Å². The van der Waals surface area contributed by atoms with Gasteiger partial charge in [-0.1, -0.05) is 29.3 Å². The van der Waals surface area contributed by atoms with Crippen LogP contribution in [-0.4, -0.2) is 42.2 Å². The molecular weight excluding hydrogens is 299 g/mol. The molecule has 0 heterocycles. The fourth-order valence-electron chi connectivity index (χ4n) is 1.67. The molecule has 1 aromatic rings. The number of aliphatic hydroxyl groups is 1. The molecular formula is C14H20Cl2N2O2. The lowest BCUT2D eigenvalue weighted by atomic mass is 10.1. The number of hydrogen-bond donors (Lipinski definition) is 2. The maximum atomic E-state index is 11.9. The molecule has 20 heavy (non-hydrogen) atoms. The highest BCUT2D eigenvalue weighted by molar-refractivity contribution is 6.42. The maximum absolute atomic E-state index is 11.9. The van der Waals surface area contributed by atoms with Gasteiger partial charge in [-0.2, -0.15) is 0 Å². The first-order valence-corrected chi connectivity index (χ1v) is 7.16. The van der Waals surface area contributed by atoms with Crippen LogP contribution in [0.15, 0.2) is 18.2 Å². The molecule has 112 valence electrons. The van der Waals surface area contributed by atoms with Gasteiger partial charge < -0.3 is 10.4 Å². The summed E-state index contributed by atoms with van der Waals surface area (Å²) in [5.74, 6) is -0.105. The first-order chi connectivity index (χ1) is 9.35. The molecule has 0 bridgehead atoms. The number of likely N-dealkylation sites (N-methyl/N-ethyl adjacent to an activating group) is 1. The predicted molar refractivity (Wildman–Crippen MR) is 82.2 cm³/mol. The van der Waals surface area contributed by atoms with Gasteiger partial charge >= 0.3 is 0 Å². The second kappa shape index (κ2) is 7.84. The summed E-state index contributed by atoms with van der Waals surface area (Å²) in [5.41, 5.74) is 0.894. The summed E-state index contributed by atoms with van der Waals surface area (Å²) in [6, 6.07) is 5.08. The molecule has 0 aliphatic heterocycles. The summed E-state index contributed by atoms with van der Waals surface area (Å²) in [5, 5.41) is 12.9. The van der Waals surface area contributed by atoms with Gasteiger partial charge in [0.25, 0.3) is 0 Å². The average molecular weight is 319 g/mol. The first kappa shape index (κ1) is 17.2. The van der Waals surface area contributed by atoms with Crippen molar-refractivity contribution in [2.45, 2.75) is 25.9 Å². The summed E-state index contributed by atoms with van der Waals surface area (Å²) in [6.45, 7) is 3.99. The van der Waals surface area contributed by atoms with Gasteiger partial charge in [0.15, 0.2) is 0 Å². The van der Waals surface area contributed by atoms with E-state index >= 15 is 0 Å². The fourth-order valence-corrected chi connectivity index (χ4v) is 1.98. The van der Waals surface area contributed by atoms with Crippen molar-refractivity contribution in [2.24, 2.45) is 0 Å². The lowest BCUT2D eigenvalue weighted by Crippen LogP contribution is -2.41. The smallest absolute Gasteiger partial charge is 0.234 e. The molecule has 4 nitrogen and oxygen atoms in total. The highest BCUT2D eigenvalue weighted by Crippen LogP contribution is 2.25. The minimum absolute atomic E-state index is 0.0200. The van der Waals surface area contributed by atoms with E-state index < -0.39 is 0 Å². The number of nitrogens with zero attached hydrogens (tertiary/aromatic N) is 1. The van der Waals surface area contributed by atoms with Crippen molar-refractivity contribution in [2.75, 3.05) is 20.2 Å². The third-order valence-corrected chi connectivity index (χ3v) is 3.97. The monoisotopic (exact) mass is 318 g/mol. The Kier molecular flexibility index (Phi) is 6.76. The minimum Gasteiger partial charge on any atom is -0.395 e. The number of rotatable bonds is 6. The lowest BCUT2D eigenvalue weighted by molar-refractivity contribution is -0.123. The van der Waals surface area contributed by atoms with Crippen LogP contribution in [0.2, 0.25) is 10.0 Å². The number of benzene rings is 1. The van der Waals surface area contributed by atoms with Crippen LogP contribution in [-0.2, 0) is 4.79 Å². The van der Waals surface area contributed by atoms with Crippen LogP contribution in [0.4, 0.5) is 0 Å². The van der Waals surface area contributed by atoms with E-state index in [0.29, 0.717) is 10.0 Å². The Balaban J connectivity index is 2.59. The standard InChI is InChI=1S/C14H20Cl2N2O2/c1-9(8-19)18(3)7-14(20)17-10(2)11-4-5-12(15)13(16)6-11/h4-6,9-10,19H,7-8H2,1-3H3,(H,17,20). The zero-order valence-electron chi connectivity index (χ0n) is 11.9. The molecule has 0 saturated carbocycles. The number of amides is 1. The number of halogens is 2. The van der Waals surface area contributed by atoms with E-state index in [9.17, 15) is 4.79 Å². The van der Waals surface area contributed by atoms with E-state index in [-0.39, 0.29) is 31.1 Å². The molecule has 2 atom stereocenters. The number of carbonyl (C=O) groups is 1. The molecule has 0 aromatic heterocycles. The van der Waals surface area contributed by atoms with E-state index in [0.717, 1.165) is 5.56 Å². The zero-order chi connectivity index (χ0) is 15.3. The third-order valence-electron chi connectivity index (χ3n) is 3.23. The van der Waals surface area contributed by atoms with Crippen LogP contribution in [0, 0.1) is 0 Å². The van der Waals surface area contributed by atoms with Gasteiger partial charge in [0.05, 0.1) is 29.2 Å². The summed E-state index contributed by atoms with van der Waals surface area (Å²) in [4.78, 5) is 13.7. The van der Waals surface area contributed by atoms with Gasteiger partial charge in [-0.15, -0.1) is 0 Å². The molecule has 0 saturated heterocycles. The Labute approximate surface area is 129 Å². The molecule has 6 heteroatoms. The fraction of sp³-hybridized carbons (Fsp3) is 0.500. The molecule has 1 aromatic carbocycles. The highest BCUT2D eigenvalue weighted by atomic mass is 35.5. The third kappa shape index (κ3) is 4.94. The van der Waals surface area contributed by atoms with E-state index in [1.165, 1.54) is 0 Å².